The van der Waals surface area contributed by atoms with E-state index in [1.807, 2.05) is 55.5 Å². The molecule has 5 heteroatoms. The number of nitrogens with zero attached hydrogens (tertiary/aromatic N) is 2. The fourth-order valence-electron chi connectivity index (χ4n) is 2.94. The zero-order valence-electron chi connectivity index (χ0n) is 15.9. The molecule has 0 saturated heterocycles. The lowest BCUT2D eigenvalue weighted by atomic mass is 10.0. The lowest BCUT2D eigenvalue weighted by molar-refractivity contribution is -0.117. The molecule has 140 valence electrons. The summed E-state index contributed by atoms with van der Waals surface area (Å²) in [6.07, 6.45) is 4.14. The fourth-order valence-corrected chi connectivity index (χ4v) is 2.94. The minimum Gasteiger partial charge on any atom is -0.345 e. The molecule has 0 bridgehead atoms. The number of benzene rings is 2. The first kappa shape index (κ1) is 19.1. The molecular formula is C23H22N4O. The van der Waals surface area contributed by atoms with Gasteiger partial charge in [-0.15, -0.1) is 0 Å². The van der Waals surface area contributed by atoms with E-state index in [0.29, 0.717) is 5.56 Å². The van der Waals surface area contributed by atoms with E-state index in [4.69, 9.17) is 0 Å². The molecule has 2 aromatic carbocycles. The largest absolute Gasteiger partial charge is 0.345 e. The molecule has 0 unspecified atom stereocenters. The van der Waals surface area contributed by atoms with Crippen molar-refractivity contribution >= 4 is 12.0 Å². The Hall–Kier alpha value is -3.65. The quantitative estimate of drug-likeness (QED) is 0.498. The summed E-state index contributed by atoms with van der Waals surface area (Å²) in [5.74, 6) is -0.408. The van der Waals surface area contributed by atoms with Crippen LogP contribution in [0, 0.1) is 11.3 Å². The van der Waals surface area contributed by atoms with E-state index in [2.05, 4.69) is 34.6 Å². The first-order valence-corrected chi connectivity index (χ1v) is 9.22. The van der Waals surface area contributed by atoms with Crippen LogP contribution in [-0.2, 0) is 11.2 Å². The number of nitrogens with one attached hydrogen (secondary N) is 2. The number of aromatic amines is 1. The molecule has 3 aromatic rings. The first-order valence-electron chi connectivity index (χ1n) is 9.22. The highest BCUT2D eigenvalue weighted by Gasteiger charge is 2.15. The van der Waals surface area contributed by atoms with Crippen molar-refractivity contribution in [2.45, 2.75) is 26.3 Å². The van der Waals surface area contributed by atoms with Gasteiger partial charge in [-0.25, -0.2) is 0 Å². The Balaban J connectivity index is 1.79. The van der Waals surface area contributed by atoms with Crippen LogP contribution in [0.2, 0.25) is 0 Å². The van der Waals surface area contributed by atoms with Crippen molar-refractivity contribution < 1.29 is 4.79 Å². The maximum absolute atomic E-state index is 12.6. The van der Waals surface area contributed by atoms with Gasteiger partial charge in [-0.1, -0.05) is 61.5 Å². The highest BCUT2D eigenvalue weighted by atomic mass is 16.1. The Labute approximate surface area is 164 Å². The number of aromatic nitrogens is 2. The summed E-state index contributed by atoms with van der Waals surface area (Å²) in [7, 11) is 0. The zero-order valence-corrected chi connectivity index (χ0v) is 15.9. The Morgan fingerprint density at radius 3 is 2.57 bits per heavy atom. The van der Waals surface area contributed by atoms with Gasteiger partial charge in [-0.05, 0) is 30.5 Å². The monoisotopic (exact) mass is 370 g/mol. The molecule has 0 fully saturated rings. The van der Waals surface area contributed by atoms with Crippen LogP contribution in [0.1, 0.15) is 36.6 Å². The Kier molecular flexibility index (Phi) is 6.03. The molecule has 2 N–H and O–H groups in total. The van der Waals surface area contributed by atoms with Crippen LogP contribution in [0.5, 0.6) is 0 Å². The van der Waals surface area contributed by atoms with Crippen molar-refractivity contribution in [1.82, 2.24) is 15.5 Å². The Bertz CT molecular complexity index is 1010. The average Bonchev–Trinajstić information content (AvgIpc) is 3.20. The molecular weight excluding hydrogens is 348 g/mol. The molecule has 0 aliphatic carbocycles. The molecule has 1 aromatic heterocycles. The van der Waals surface area contributed by atoms with Gasteiger partial charge in [0, 0.05) is 11.1 Å². The minimum absolute atomic E-state index is 0.0376. The zero-order chi connectivity index (χ0) is 19.9. The lowest BCUT2D eigenvalue weighted by Gasteiger charge is -2.14. The summed E-state index contributed by atoms with van der Waals surface area (Å²) in [5.41, 5.74) is 4.68. The standard InChI is InChI=1S/C23H22N4O/c1-3-17-9-11-18(12-10-17)16(2)26-23(28)20(14-24)13-21-15-25-27-22(21)19-7-5-4-6-8-19/h4-13,15-16H,3H2,1-2H3,(H,25,27)(H,26,28)/b20-13-/t16-/m1/s1. The average molecular weight is 370 g/mol. The topological polar surface area (TPSA) is 81.6 Å². The van der Waals surface area contributed by atoms with E-state index in [1.54, 1.807) is 12.3 Å². The second kappa shape index (κ2) is 8.83. The molecule has 0 spiro atoms. The molecule has 0 aliphatic heterocycles. The van der Waals surface area contributed by atoms with Gasteiger partial charge in [0.2, 0.25) is 0 Å². The van der Waals surface area contributed by atoms with Crippen LogP contribution in [0.15, 0.2) is 66.4 Å². The van der Waals surface area contributed by atoms with Crippen molar-refractivity contribution in [3.8, 4) is 17.3 Å². The van der Waals surface area contributed by atoms with E-state index >= 15 is 0 Å². The second-order valence-electron chi connectivity index (χ2n) is 6.53. The third-order valence-electron chi connectivity index (χ3n) is 4.63. The SMILES string of the molecule is CCc1ccc([C@@H](C)NC(=O)/C(C#N)=C\c2cn[nH]c2-c2ccccc2)cc1. The van der Waals surface area contributed by atoms with Crippen molar-refractivity contribution in [3.63, 3.8) is 0 Å². The normalized spacial score (nSPS) is 12.2. The third-order valence-corrected chi connectivity index (χ3v) is 4.63. The van der Waals surface area contributed by atoms with Crippen molar-refractivity contribution in [1.29, 1.82) is 5.26 Å². The predicted molar refractivity (Wildman–Crippen MR) is 110 cm³/mol. The highest BCUT2D eigenvalue weighted by molar-refractivity contribution is 6.02. The number of nitriles is 1. The Morgan fingerprint density at radius 1 is 1.21 bits per heavy atom. The number of aryl methyl sites for hydroxylation is 1. The molecule has 5 nitrogen and oxygen atoms in total. The smallest absolute Gasteiger partial charge is 0.262 e. The molecule has 1 heterocycles. The molecule has 0 aliphatic rings. The number of amides is 1. The van der Waals surface area contributed by atoms with Crippen molar-refractivity contribution in [3.05, 3.63) is 83.1 Å². The number of H-pyrrole nitrogens is 1. The van der Waals surface area contributed by atoms with Crippen LogP contribution in [-0.4, -0.2) is 16.1 Å². The summed E-state index contributed by atoms with van der Waals surface area (Å²) < 4.78 is 0. The van der Waals surface area contributed by atoms with E-state index < -0.39 is 5.91 Å². The maximum Gasteiger partial charge on any atom is 0.262 e. The molecule has 0 radical (unpaired) electrons. The predicted octanol–water partition coefficient (Wildman–Crippen LogP) is 4.42. The van der Waals surface area contributed by atoms with Gasteiger partial charge in [-0.3, -0.25) is 9.89 Å². The van der Waals surface area contributed by atoms with Gasteiger partial charge in [0.1, 0.15) is 11.6 Å². The molecule has 28 heavy (non-hydrogen) atoms. The number of carbonyl (C=O) groups excluding carboxylic acids is 1. The third kappa shape index (κ3) is 4.36. The van der Waals surface area contributed by atoms with E-state index in [0.717, 1.165) is 23.2 Å². The lowest BCUT2D eigenvalue weighted by Crippen LogP contribution is -2.27. The summed E-state index contributed by atoms with van der Waals surface area (Å²) in [6, 6.07) is 19.6. The second-order valence-corrected chi connectivity index (χ2v) is 6.53. The number of hydrogen-bond donors (Lipinski definition) is 2. The molecule has 3 rings (SSSR count). The summed E-state index contributed by atoms with van der Waals surface area (Å²) in [6.45, 7) is 4.00. The van der Waals surface area contributed by atoms with Gasteiger partial charge in [0.15, 0.2) is 0 Å². The van der Waals surface area contributed by atoms with E-state index in [1.165, 1.54) is 5.56 Å². The summed E-state index contributed by atoms with van der Waals surface area (Å²) >= 11 is 0. The van der Waals surface area contributed by atoms with Gasteiger partial charge < -0.3 is 5.32 Å². The van der Waals surface area contributed by atoms with E-state index in [-0.39, 0.29) is 11.6 Å². The number of hydrogen-bond acceptors (Lipinski definition) is 3. The summed E-state index contributed by atoms with van der Waals surface area (Å²) in [4.78, 5) is 12.6. The molecule has 1 atom stereocenters. The van der Waals surface area contributed by atoms with Crippen LogP contribution in [0.3, 0.4) is 0 Å². The Morgan fingerprint density at radius 2 is 1.93 bits per heavy atom. The van der Waals surface area contributed by atoms with Gasteiger partial charge in [0.05, 0.1) is 17.9 Å². The van der Waals surface area contributed by atoms with Crippen LogP contribution >= 0.6 is 0 Å². The van der Waals surface area contributed by atoms with Crippen molar-refractivity contribution in [2.24, 2.45) is 0 Å². The van der Waals surface area contributed by atoms with E-state index in [9.17, 15) is 10.1 Å². The van der Waals surface area contributed by atoms with Gasteiger partial charge >= 0.3 is 0 Å². The maximum atomic E-state index is 12.6. The van der Waals surface area contributed by atoms with Crippen LogP contribution in [0.25, 0.3) is 17.3 Å². The van der Waals surface area contributed by atoms with Gasteiger partial charge in [0.25, 0.3) is 5.91 Å². The first-order chi connectivity index (χ1) is 13.6. The molecule has 0 saturated carbocycles. The van der Waals surface area contributed by atoms with Crippen LogP contribution < -0.4 is 5.32 Å². The minimum atomic E-state index is -0.408. The summed E-state index contributed by atoms with van der Waals surface area (Å²) in [5, 5.41) is 19.4. The van der Waals surface area contributed by atoms with Gasteiger partial charge in [-0.2, -0.15) is 10.4 Å². The molecule has 1 amide bonds. The number of carbonyl (C=O) groups is 1. The van der Waals surface area contributed by atoms with Crippen molar-refractivity contribution in [2.75, 3.05) is 0 Å². The highest BCUT2D eigenvalue weighted by Crippen LogP contribution is 2.23. The number of rotatable bonds is 6. The fraction of sp³-hybridized carbons (Fsp3) is 0.174. The van der Waals surface area contributed by atoms with Crippen LogP contribution in [0.4, 0.5) is 0 Å².